The van der Waals surface area contributed by atoms with Gasteiger partial charge in [-0.25, -0.2) is 4.79 Å². The van der Waals surface area contributed by atoms with E-state index in [1.54, 1.807) is 6.07 Å². The number of nitrogens with two attached hydrogens (primary N) is 1. The minimum Gasteiger partial charge on any atom is -0.399 e. The summed E-state index contributed by atoms with van der Waals surface area (Å²) >= 11 is 0. The van der Waals surface area contributed by atoms with E-state index in [4.69, 9.17) is 5.73 Å². The Kier molecular flexibility index (Phi) is 3.09. The third-order valence-electron chi connectivity index (χ3n) is 3.56. The Morgan fingerprint density at radius 1 is 1.24 bits per heavy atom. The predicted octanol–water partition coefficient (Wildman–Crippen LogP) is 0.0627. The lowest BCUT2D eigenvalue weighted by Gasteiger charge is -2.14. The molecule has 0 aliphatic heterocycles. The summed E-state index contributed by atoms with van der Waals surface area (Å²) in [6.45, 7) is 0. The molecule has 1 aromatic heterocycles. The average molecular weight is 286 g/mol. The van der Waals surface area contributed by atoms with Gasteiger partial charge in [0.2, 0.25) is 0 Å². The van der Waals surface area contributed by atoms with Gasteiger partial charge in [0.15, 0.2) is 0 Å². The lowest BCUT2D eigenvalue weighted by molar-refractivity contribution is 0.0931. The second kappa shape index (κ2) is 4.93. The number of H-pyrrole nitrogens is 2. The largest absolute Gasteiger partial charge is 0.399 e. The number of amides is 1. The van der Waals surface area contributed by atoms with E-state index in [1.807, 2.05) is 17.1 Å². The lowest BCUT2D eigenvalue weighted by Crippen LogP contribution is -2.32. The van der Waals surface area contributed by atoms with Crippen LogP contribution in [0.3, 0.4) is 0 Å². The fraction of sp³-hybridized carbons (Fsp3) is 0.214. The van der Waals surface area contributed by atoms with Crippen LogP contribution in [0.15, 0.2) is 33.9 Å². The van der Waals surface area contributed by atoms with E-state index in [0.717, 1.165) is 30.0 Å². The maximum absolute atomic E-state index is 12.1. The first-order chi connectivity index (χ1) is 10.0. The third kappa shape index (κ3) is 2.58. The van der Waals surface area contributed by atoms with Crippen molar-refractivity contribution < 1.29 is 4.79 Å². The summed E-state index contributed by atoms with van der Waals surface area (Å²) in [6.07, 6.45) is 1.59. The zero-order chi connectivity index (χ0) is 15.0. The third-order valence-corrected chi connectivity index (χ3v) is 3.56. The molecule has 2 aromatic rings. The van der Waals surface area contributed by atoms with Gasteiger partial charge in [-0.2, -0.15) is 0 Å². The second-order valence-corrected chi connectivity index (χ2v) is 5.02. The number of rotatable bonds is 2. The highest BCUT2D eigenvalue weighted by molar-refractivity contribution is 5.92. The number of aromatic nitrogens is 2. The number of carbonyl (C=O) groups excluding carboxylic acids is 1. The van der Waals surface area contributed by atoms with Gasteiger partial charge >= 0.3 is 5.69 Å². The normalized spacial score (nSPS) is 16.5. The summed E-state index contributed by atoms with van der Waals surface area (Å²) < 4.78 is 0. The maximum Gasteiger partial charge on any atom is 0.326 e. The summed E-state index contributed by atoms with van der Waals surface area (Å²) in [5.74, 6) is -0.479. The molecular weight excluding hydrogens is 272 g/mol. The highest BCUT2D eigenvalue weighted by Crippen LogP contribution is 2.32. The molecule has 0 fully saturated rings. The molecular formula is C14H14N4O3. The Bertz CT molecular complexity index is 793. The van der Waals surface area contributed by atoms with Gasteiger partial charge in [0.05, 0.1) is 6.04 Å². The maximum atomic E-state index is 12.1. The molecule has 21 heavy (non-hydrogen) atoms. The van der Waals surface area contributed by atoms with Crippen molar-refractivity contribution in [2.45, 2.75) is 18.9 Å². The minimum atomic E-state index is -0.702. The number of nitrogens with one attached hydrogen (secondary N) is 3. The number of anilines is 1. The number of hydrogen-bond donors (Lipinski definition) is 4. The van der Waals surface area contributed by atoms with Crippen LogP contribution in [0, 0.1) is 0 Å². The molecule has 1 unspecified atom stereocenters. The van der Waals surface area contributed by atoms with Crippen molar-refractivity contribution in [1.82, 2.24) is 15.3 Å². The Morgan fingerprint density at radius 3 is 2.81 bits per heavy atom. The number of nitrogen functional groups attached to an aromatic ring is 1. The van der Waals surface area contributed by atoms with Gasteiger partial charge in [-0.1, -0.05) is 6.07 Å². The van der Waals surface area contributed by atoms with E-state index in [9.17, 15) is 14.4 Å². The molecule has 7 heteroatoms. The van der Waals surface area contributed by atoms with E-state index >= 15 is 0 Å². The van der Waals surface area contributed by atoms with E-state index in [0.29, 0.717) is 5.69 Å². The molecule has 0 radical (unpaired) electrons. The van der Waals surface area contributed by atoms with E-state index in [1.165, 1.54) is 0 Å². The Morgan fingerprint density at radius 2 is 2.05 bits per heavy atom. The van der Waals surface area contributed by atoms with Gasteiger partial charge in [0, 0.05) is 11.8 Å². The Hall–Kier alpha value is -2.83. The molecule has 0 saturated heterocycles. The molecule has 1 heterocycles. The number of hydrogen-bond acceptors (Lipinski definition) is 4. The zero-order valence-corrected chi connectivity index (χ0v) is 11.1. The van der Waals surface area contributed by atoms with Crippen LogP contribution in [0.1, 0.15) is 34.1 Å². The second-order valence-electron chi connectivity index (χ2n) is 5.02. The monoisotopic (exact) mass is 286 g/mol. The van der Waals surface area contributed by atoms with Crippen LogP contribution in [-0.2, 0) is 6.42 Å². The van der Waals surface area contributed by atoms with Gasteiger partial charge in [-0.05, 0) is 36.1 Å². The molecule has 0 saturated carbocycles. The summed E-state index contributed by atoms with van der Waals surface area (Å²) in [7, 11) is 0. The Balaban J connectivity index is 1.84. The van der Waals surface area contributed by atoms with Crippen molar-refractivity contribution >= 4 is 11.6 Å². The quantitative estimate of drug-likeness (QED) is 0.583. The van der Waals surface area contributed by atoms with Crippen LogP contribution in [0.5, 0.6) is 0 Å². The van der Waals surface area contributed by atoms with Crippen LogP contribution in [0.2, 0.25) is 0 Å². The first-order valence-corrected chi connectivity index (χ1v) is 6.56. The zero-order valence-electron chi connectivity index (χ0n) is 11.1. The van der Waals surface area contributed by atoms with Crippen LogP contribution in [0.25, 0.3) is 0 Å². The molecule has 0 spiro atoms. The fourth-order valence-corrected chi connectivity index (χ4v) is 2.61. The summed E-state index contributed by atoms with van der Waals surface area (Å²) in [5, 5.41) is 2.82. The number of aryl methyl sites for hydroxylation is 1. The highest BCUT2D eigenvalue weighted by Gasteiger charge is 2.24. The number of benzene rings is 1. The summed E-state index contributed by atoms with van der Waals surface area (Å²) in [4.78, 5) is 38.9. The van der Waals surface area contributed by atoms with E-state index in [-0.39, 0.29) is 11.7 Å². The van der Waals surface area contributed by atoms with Crippen LogP contribution < -0.4 is 22.3 Å². The summed E-state index contributed by atoms with van der Waals surface area (Å²) in [5.41, 5.74) is 7.20. The molecule has 1 atom stereocenters. The van der Waals surface area contributed by atoms with Crippen LogP contribution in [0.4, 0.5) is 5.69 Å². The van der Waals surface area contributed by atoms with Crippen molar-refractivity contribution in [3.05, 3.63) is 61.9 Å². The van der Waals surface area contributed by atoms with Gasteiger partial charge in [-0.3, -0.25) is 14.6 Å². The van der Waals surface area contributed by atoms with Crippen LogP contribution in [-0.4, -0.2) is 15.9 Å². The predicted molar refractivity (Wildman–Crippen MR) is 77.1 cm³/mol. The van der Waals surface area contributed by atoms with Crippen molar-refractivity contribution in [2.75, 3.05) is 5.73 Å². The molecule has 3 rings (SSSR count). The molecule has 1 aromatic carbocycles. The smallest absolute Gasteiger partial charge is 0.326 e. The molecule has 1 amide bonds. The van der Waals surface area contributed by atoms with Gasteiger partial charge in [0.25, 0.3) is 11.5 Å². The first kappa shape index (κ1) is 13.2. The van der Waals surface area contributed by atoms with E-state index in [2.05, 4.69) is 10.3 Å². The van der Waals surface area contributed by atoms with Gasteiger partial charge in [0.1, 0.15) is 5.69 Å². The van der Waals surface area contributed by atoms with Crippen LogP contribution >= 0.6 is 0 Å². The highest BCUT2D eigenvalue weighted by atomic mass is 16.2. The standard InChI is InChI=1S/C14H14N4O3/c15-8-2-3-9-7(5-8)1-4-10(9)16-13(20)11-6-12(19)18-14(21)17-11/h2-3,5-6,10H,1,4,15H2,(H,16,20)(H2,17,18,19,21). The molecule has 5 N–H and O–H groups in total. The van der Waals surface area contributed by atoms with Gasteiger partial charge < -0.3 is 16.0 Å². The minimum absolute atomic E-state index is 0.0485. The molecule has 108 valence electrons. The van der Waals surface area contributed by atoms with Crippen molar-refractivity contribution in [1.29, 1.82) is 0 Å². The Labute approximate surface area is 119 Å². The molecule has 7 nitrogen and oxygen atoms in total. The average Bonchev–Trinajstić information content (AvgIpc) is 2.80. The lowest BCUT2D eigenvalue weighted by atomic mass is 10.1. The van der Waals surface area contributed by atoms with Crippen molar-refractivity contribution in [3.8, 4) is 0 Å². The molecule has 0 bridgehead atoms. The molecule has 1 aliphatic carbocycles. The fourth-order valence-electron chi connectivity index (χ4n) is 2.61. The SMILES string of the molecule is Nc1ccc2c(c1)CCC2NC(=O)c1cc(=O)[nH]c(=O)[nH]1. The van der Waals surface area contributed by atoms with E-state index < -0.39 is 17.2 Å². The van der Waals surface area contributed by atoms with Crippen molar-refractivity contribution in [3.63, 3.8) is 0 Å². The van der Waals surface area contributed by atoms with Gasteiger partial charge in [-0.15, -0.1) is 0 Å². The number of carbonyl (C=O) groups is 1. The summed E-state index contributed by atoms with van der Waals surface area (Å²) in [6, 6.07) is 6.50. The van der Waals surface area contributed by atoms with Crippen molar-refractivity contribution in [2.24, 2.45) is 0 Å². The topological polar surface area (TPSA) is 121 Å². The molecule has 1 aliphatic rings. The number of aromatic amines is 2. The first-order valence-electron chi connectivity index (χ1n) is 6.56. The number of fused-ring (bicyclic) bond motifs is 1.